The number of imide groups is 1. The SMILES string of the molecule is CN(c1ccccc1)[C@@H]1SC(=O)N(c2ccc(Br)cc2)C1=O. The lowest BCUT2D eigenvalue weighted by Crippen LogP contribution is -2.39. The number of likely N-dealkylation sites (N-methyl/N-ethyl adjacent to an activating group) is 1. The molecule has 2 amide bonds. The maximum Gasteiger partial charge on any atom is 0.295 e. The molecule has 1 saturated heterocycles. The van der Waals surface area contributed by atoms with Crippen molar-refractivity contribution in [2.45, 2.75) is 5.37 Å². The number of benzene rings is 2. The lowest BCUT2D eigenvalue weighted by molar-refractivity contribution is -0.116. The van der Waals surface area contributed by atoms with Crippen LogP contribution in [0, 0.1) is 0 Å². The van der Waals surface area contributed by atoms with Gasteiger partial charge in [-0.25, -0.2) is 4.90 Å². The maximum absolute atomic E-state index is 12.6. The Morgan fingerprint density at radius 2 is 1.68 bits per heavy atom. The second kappa shape index (κ2) is 6.14. The van der Waals surface area contributed by atoms with E-state index in [1.165, 1.54) is 4.90 Å². The molecule has 0 aliphatic carbocycles. The van der Waals surface area contributed by atoms with E-state index in [9.17, 15) is 9.59 Å². The number of nitrogens with zero attached hydrogens (tertiary/aromatic N) is 2. The minimum atomic E-state index is -0.543. The number of hydrogen-bond acceptors (Lipinski definition) is 4. The molecule has 1 heterocycles. The summed E-state index contributed by atoms with van der Waals surface area (Å²) in [6.45, 7) is 0. The number of thioether (sulfide) groups is 1. The molecule has 6 heteroatoms. The second-order valence-electron chi connectivity index (χ2n) is 4.83. The Morgan fingerprint density at radius 1 is 1.05 bits per heavy atom. The normalized spacial score (nSPS) is 17.9. The van der Waals surface area contributed by atoms with Crippen LogP contribution in [0.2, 0.25) is 0 Å². The largest absolute Gasteiger partial charge is 0.354 e. The average molecular weight is 377 g/mol. The van der Waals surface area contributed by atoms with Crippen molar-refractivity contribution in [1.29, 1.82) is 0 Å². The molecule has 1 aliphatic rings. The van der Waals surface area contributed by atoms with Crippen molar-refractivity contribution < 1.29 is 9.59 Å². The van der Waals surface area contributed by atoms with Crippen LogP contribution in [0.3, 0.4) is 0 Å². The van der Waals surface area contributed by atoms with Gasteiger partial charge in [0.2, 0.25) is 0 Å². The van der Waals surface area contributed by atoms with Crippen LogP contribution in [-0.4, -0.2) is 23.6 Å². The van der Waals surface area contributed by atoms with Crippen LogP contribution in [-0.2, 0) is 4.79 Å². The van der Waals surface area contributed by atoms with Gasteiger partial charge in [-0.3, -0.25) is 9.59 Å². The van der Waals surface area contributed by atoms with Crippen LogP contribution < -0.4 is 9.80 Å². The Hall–Kier alpha value is -1.79. The molecule has 4 nitrogen and oxygen atoms in total. The number of halogens is 1. The highest BCUT2D eigenvalue weighted by atomic mass is 79.9. The van der Waals surface area contributed by atoms with E-state index >= 15 is 0 Å². The van der Waals surface area contributed by atoms with Crippen molar-refractivity contribution in [3.05, 3.63) is 59.1 Å². The molecule has 1 aliphatic heterocycles. The van der Waals surface area contributed by atoms with E-state index in [-0.39, 0.29) is 11.1 Å². The van der Waals surface area contributed by atoms with Crippen LogP contribution in [0.1, 0.15) is 0 Å². The summed E-state index contributed by atoms with van der Waals surface area (Å²) in [5.74, 6) is -0.219. The van der Waals surface area contributed by atoms with E-state index in [0.29, 0.717) is 5.69 Å². The van der Waals surface area contributed by atoms with Crippen LogP contribution in [0.4, 0.5) is 16.2 Å². The molecule has 112 valence electrons. The number of hydrogen-bond donors (Lipinski definition) is 0. The maximum atomic E-state index is 12.6. The summed E-state index contributed by atoms with van der Waals surface area (Å²) in [7, 11) is 1.82. The number of para-hydroxylation sites is 1. The predicted octanol–water partition coefficient (Wildman–Crippen LogP) is 4.11. The lowest BCUT2D eigenvalue weighted by atomic mass is 10.2. The molecule has 0 bridgehead atoms. The molecule has 2 aromatic carbocycles. The van der Waals surface area contributed by atoms with Crippen LogP contribution in [0.25, 0.3) is 0 Å². The third kappa shape index (κ3) is 2.76. The zero-order valence-electron chi connectivity index (χ0n) is 11.8. The van der Waals surface area contributed by atoms with Gasteiger partial charge in [-0.15, -0.1) is 0 Å². The van der Waals surface area contributed by atoms with Crippen molar-refractivity contribution in [2.24, 2.45) is 0 Å². The van der Waals surface area contributed by atoms with E-state index in [0.717, 1.165) is 21.9 Å². The van der Waals surface area contributed by atoms with Crippen LogP contribution >= 0.6 is 27.7 Å². The Labute approximate surface area is 141 Å². The summed E-state index contributed by atoms with van der Waals surface area (Å²) < 4.78 is 0.904. The average Bonchev–Trinajstić information content (AvgIpc) is 2.83. The molecule has 3 rings (SSSR count). The van der Waals surface area contributed by atoms with Crippen molar-refractivity contribution in [2.75, 3.05) is 16.8 Å². The fraction of sp³-hybridized carbons (Fsp3) is 0.125. The van der Waals surface area contributed by atoms with E-state index in [2.05, 4.69) is 15.9 Å². The minimum absolute atomic E-state index is 0.219. The van der Waals surface area contributed by atoms with Crippen molar-refractivity contribution in [1.82, 2.24) is 0 Å². The van der Waals surface area contributed by atoms with E-state index < -0.39 is 5.37 Å². The van der Waals surface area contributed by atoms with Crippen molar-refractivity contribution in [3.63, 3.8) is 0 Å². The Kier molecular flexibility index (Phi) is 4.22. The van der Waals surface area contributed by atoms with E-state index in [4.69, 9.17) is 0 Å². The molecule has 0 aromatic heterocycles. The first-order valence-corrected chi connectivity index (χ1v) is 8.33. The highest BCUT2D eigenvalue weighted by Crippen LogP contribution is 2.35. The third-order valence-corrected chi connectivity index (χ3v) is 5.08. The Balaban J connectivity index is 1.87. The number of carbonyl (C=O) groups excluding carboxylic acids is 2. The minimum Gasteiger partial charge on any atom is -0.354 e. The zero-order valence-corrected chi connectivity index (χ0v) is 14.2. The Morgan fingerprint density at radius 3 is 2.32 bits per heavy atom. The molecule has 0 N–H and O–H groups in total. The van der Waals surface area contributed by atoms with Crippen molar-refractivity contribution in [3.8, 4) is 0 Å². The number of rotatable bonds is 3. The van der Waals surface area contributed by atoms with Gasteiger partial charge in [-0.2, -0.15) is 0 Å². The smallest absolute Gasteiger partial charge is 0.295 e. The van der Waals surface area contributed by atoms with E-state index in [1.54, 1.807) is 12.1 Å². The number of amides is 2. The van der Waals surface area contributed by atoms with Gasteiger partial charge in [-0.1, -0.05) is 34.1 Å². The topological polar surface area (TPSA) is 40.6 Å². The van der Waals surface area contributed by atoms with Gasteiger partial charge in [-0.05, 0) is 48.2 Å². The van der Waals surface area contributed by atoms with Crippen LogP contribution in [0.5, 0.6) is 0 Å². The molecular formula is C16H13BrN2O2S. The molecule has 22 heavy (non-hydrogen) atoms. The first-order valence-electron chi connectivity index (χ1n) is 6.66. The summed E-state index contributed by atoms with van der Waals surface area (Å²) in [6, 6.07) is 16.7. The standard InChI is InChI=1S/C16H13BrN2O2S/c1-18(12-5-3-2-4-6-12)15-14(20)19(16(21)22-15)13-9-7-11(17)8-10-13/h2-10,15H,1H3/t15-/m1/s1. The molecule has 0 saturated carbocycles. The summed E-state index contributed by atoms with van der Waals surface area (Å²) in [5.41, 5.74) is 1.49. The lowest BCUT2D eigenvalue weighted by Gasteiger charge is -2.24. The van der Waals surface area contributed by atoms with E-state index in [1.807, 2.05) is 54.4 Å². The van der Waals surface area contributed by atoms with Gasteiger partial charge in [0.05, 0.1) is 5.69 Å². The molecule has 1 atom stereocenters. The summed E-state index contributed by atoms with van der Waals surface area (Å²) in [6.07, 6.45) is 0. The highest BCUT2D eigenvalue weighted by Gasteiger charge is 2.43. The highest BCUT2D eigenvalue weighted by molar-refractivity contribution is 9.10. The molecule has 0 spiro atoms. The van der Waals surface area contributed by atoms with Gasteiger partial charge < -0.3 is 4.90 Å². The number of carbonyl (C=O) groups is 2. The fourth-order valence-electron chi connectivity index (χ4n) is 2.27. The monoisotopic (exact) mass is 376 g/mol. The first-order chi connectivity index (χ1) is 10.6. The summed E-state index contributed by atoms with van der Waals surface area (Å²) in [4.78, 5) is 28.0. The van der Waals surface area contributed by atoms with Gasteiger partial charge >= 0.3 is 0 Å². The van der Waals surface area contributed by atoms with Gasteiger partial charge in [0.25, 0.3) is 11.1 Å². The fourth-order valence-corrected chi connectivity index (χ4v) is 3.51. The van der Waals surface area contributed by atoms with Gasteiger partial charge in [0.1, 0.15) is 0 Å². The van der Waals surface area contributed by atoms with Crippen molar-refractivity contribution >= 4 is 50.2 Å². The quantitative estimate of drug-likeness (QED) is 0.807. The first kappa shape index (κ1) is 15.1. The molecule has 0 unspecified atom stereocenters. The molecule has 1 fully saturated rings. The van der Waals surface area contributed by atoms with Gasteiger partial charge in [0, 0.05) is 17.2 Å². The van der Waals surface area contributed by atoms with Gasteiger partial charge in [0.15, 0.2) is 5.37 Å². The molecular weight excluding hydrogens is 364 g/mol. The number of anilines is 2. The zero-order chi connectivity index (χ0) is 15.7. The summed E-state index contributed by atoms with van der Waals surface area (Å²) >= 11 is 4.38. The second-order valence-corrected chi connectivity index (χ2v) is 6.78. The molecule has 0 radical (unpaired) electrons. The Bertz CT molecular complexity index is 706. The summed E-state index contributed by atoms with van der Waals surface area (Å²) in [5, 5.41) is -0.793. The molecule has 2 aromatic rings. The van der Waals surface area contributed by atoms with Crippen LogP contribution in [0.15, 0.2) is 59.1 Å². The predicted molar refractivity (Wildman–Crippen MR) is 93.2 cm³/mol. The third-order valence-electron chi connectivity index (χ3n) is 3.43.